The predicted molar refractivity (Wildman–Crippen MR) is 103 cm³/mol. The molecule has 0 bridgehead atoms. The van der Waals surface area contributed by atoms with Gasteiger partial charge in [0.25, 0.3) is 5.56 Å². The zero-order valence-corrected chi connectivity index (χ0v) is 15.9. The van der Waals surface area contributed by atoms with E-state index in [4.69, 9.17) is 9.47 Å². The lowest BCUT2D eigenvalue weighted by atomic mass is 10.2. The summed E-state index contributed by atoms with van der Waals surface area (Å²) in [6.07, 6.45) is 2.83. The maximum Gasteiger partial charge on any atom is 0.261 e. The van der Waals surface area contributed by atoms with Crippen LogP contribution < -0.4 is 25.7 Å². The normalized spacial score (nSPS) is 10.5. The minimum atomic E-state index is -0.502. The van der Waals surface area contributed by atoms with Crippen LogP contribution >= 0.6 is 11.3 Å². The second-order valence-corrected chi connectivity index (χ2v) is 6.46. The van der Waals surface area contributed by atoms with E-state index in [-0.39, 0.29) is 18.5 Å². The van der Waals surface area contributed by atoms with E-state index < -0.39 is 17.4 Å². The van der Waals surface area contributed by atoms with Crippen LogP contribution in [0.2, 0.25) is 0 Å². The molecule has 0 atom stereocenters. The van der Waals surface area contributed by atoms with Crippen LogP contribution in [0.5, 0.6) is 11.5 Å². The largest absolute Gasteiger partial charge is 0.493 e. The first kappa shape index (κ1) is 19.3. The third-order valence-electron chi connectivity index (χ3n) is 3.77. The highest BCUT2D eigenvalue weighted by Gasteiger charge is 2.13. The van der Waals surface area contributed by atoms with Crippen LogP contribution in [-0.2, 0) is 16.1 Å². The number of thiazole rings is 1. The minimum Gasteiger partial charge on any atom is -0.493 e. The minimum absolute atomic E-state index is 0.237. The van der Waals surface area contributed by atoms with E-state index >= 15 is 0 Å². The quantitative estimate of drug-likeness (QED) is 0.593. The van der Waals surface area contributed by atoms with Gasteiger partial charge in [-0.15, -0.1) is 11.3 Å². The van der Waals surface area contributed by atoms with Gasteiger partial charge in [-0.3, -0.25) is 19.0 Å². The fraction of sp³-hybridized carbons (Fsp3) is 0.235. The SMILES string of the molecule is COc1cc2ncn(CC(=O)NCC(=O)Nc3nccs3)c(=O)c2cc1OC. The van der Waals surface area contributed by atoms with Gasteiger partial charge >= 0.3 is 0 Å². The van der Waals surface area contributed by atoms with Gasteiger partial charge in [-0.1, -0.05) is 0 Å². The molecule has 0 aliphatic carbocycles. The third kappa shape index (κ3) is 4.26. The summed E-state index contributed by atoms with van der Waals surface area (Å²) in [6, 6.07) is 3.10. The number of rotatable bonds is 7. The molecular formula is C17H17N5O5S. The molecule has 0 spiro atoms. The summed E-state index contributed by atoms with van der Waals surface area (Å²) in [6.45, 7) is -0.514. The molecule has 28 heavy (non-hydrogen) atoms. The standard InChI is InChI=1S/C17H17N5O5S/c1-26-12-5-10-11(6-13(12)27-2)20-9-22(16(10)25)8-15(24)19-7-14(23)21-17-18-3-4-28-17/h3-6,9H,7-8H2,1-2H3,(H,19,24)(H,18,21,23). The maximum atomic E-state index is 12.6. The molecule has 2 heterocycles. The van der Waals surface area contributed by atoms with Gasteiger partial charge < -0.3 is 20.1 Å². The molecule has 0 aliphatic rings. The molecule has 0 saturated heterocycles. The van der Waals surface area contributed by atoms with Crippen molar-refractivity contribution in [3.05, 3.63) is 40.4 Å². The predicted octanol–water partition coefficient (Wildman–Crippen LogP) is 0.625. The zero-order valence-electron chi connectivity index (χ0n) is 15.1. The average molecular weight is 403 g/mol. The number of benzene rings is 1. The van der Waals surface area contributed by atoms with Gasteiger partial charge in [-0.2, -0.15) is 0 Å². The lowest BCUT2D eigenvalue weighted by Gasteiger charge is -2.10. The van der Waals surface area contributed by atoms with Crippen LogP contribution in [-0.4, -0.2) is 47.1 Å². The van der Waals surface area contributed by atoms with Crippen molar-refractivity contribution in [3.8, 4) is 11.5 Å². The summed E-state index contributed by atoms with van der Waals surface area (Å²) in [7, 11) is 2.95. The first-order chi connectivity index (χ1) is 13.5. The highest BCUT2D eigenvalue weighted by atomic mass is 32.1. The number of anilines is 1. The molecule has 0 fully saturated rings. The van der Waals surface area contributed by atoms with Gasteiger partial charge in [0.1, 0.15) is 6.54 Å². The summed E-state index contributed by atoms with van der Waals surface area (Å²) in [5, 5.41) is 7.45. The second-order valence-electron chi connectivity index (χ2n) is 5.56. The lowest BCUT2D eigenvalue weighted by molar-refractivity contribution is -0.124. The fourth-order valence-corrected chi connectivity index (χ4v) is 2.98. The van der Waals surface area contributed by atoms with E-state index in [1.807, 2.05) is 0 Å². The fourth-order valence-electron chi connectivity index (χ4n) is 2.44. The Balaban J connectivity index is 1.69. The molecule has 2 aromatic heterocycles. The van der Waals surface area contributed by atoms with Crippen LogP contribution in [0.1, 0.15) is 0 Å². The van der Waals surface area contributed by atoms with Gasteiger partial charge in [-0.05, 0) is 6.07 Å². The second kappa shape index (κ2) is 8.48. The summed E-state index contributed by atoms with van der Waals surface area (Å²) in [5.74, 6) is -0.0827. The number of aromatic nitrogens is 3. The number of hydrogen-bond donors (Lipinski definition) is 2. The van der Waals surface area contributed by atoms with Gasteiger partial charge in [0.15, 0.2) is 16.6 Å². The molecule has 0 unspecified atom stereocenters. The van der Waals surface area contributed by atoms with Crippen LogP contribution in [0.25, 0.3) is 10.9 Å². The molecule has 0 aliphatic heterocycles. The Kier molecular flexibility index (Phi) is 5.84. The molecule has 0 saturated carbocycles. The smallest absolute Gasteiger partial charge is 0.261 e. The van der Waals surface area contributed by atoms with Crippen LogP contribution in [0, 0.1) is 0 Å². The highest BCUT2D eigenvalue weighted by Crippen LogP contribution is 2.29. The Morgan fingerprint density at radius 1 is 1.14 bits per heavy atom. The van der Waals surface area contributed by atoms with Crippen LogP contribution in [0.3, 0.4) is 0 Å². The number of methoxy groups -OCH3 is 2. The van der Waals surface area contributed by atoms with Crippen molar-refractivity contribution < 1.29 is 19.1 Å². The van der Waals surface area contributed by atoms with Gasteiger partial charge in [0, 0.05) is 17.6 Å². The average Bonchev–Trinajstić information content (AvgIpc) is 3.20. The van der Waals surface area contributed by atoms with Crippen molar-refractivity contribution in [1.29, 1.82) is 0 Å². The van der Waals surface area contributed by atoms with Crippen molar-refractivity contribution in [2.45, 2.75) is 6.54 Å². The highest BCUT2D eigenvalue weighted by molar-refractivity contribution is 7.13. The van der Waals surface area contributed by atoms with E-state index in [0.717, 1.165) is 4.57 Å². The molecule has 3 rings (SSSR count). The van der Waals surface area contributed by atoms with E-state index in [1.54, 1.807) is 17.6 Å². The number of hydrogen-bond acceptors (Lipinski definition) is 8. The Morgan fingerprint density at radius 3 is 2.57 bits per heavy atom. The first-order valence-corrected chi connectivity index (χ1v) is 8.97. The van der Waals surface area contributed by atoms with Gasteiger partial charge in [0.2, 0.25) is 11.8 Å². The number of nitrogens with one attached hydrogen (secondary N) is 2. The molecular weight excluding hydrogens is 386 g/mol. The summed E-state index contributed by atoms with van der Waals surface area (Å²) < 4.78 is 11.5. The molecule has 146 valence electrons. The topological polar surface area (TPSA) is 124 Å². The Bertz CT molecular complexity index is 1060. The molecule has 2 N–H and O–H groups in total. The van der Waals surface area contributed by atoms with E-state index in [2.05, 4.69) is 20.6 Å². The molecule has 0 radical (unpaired) electrons. The Labute approximate surface area is 163 Å². The number of carbonyl (C=O) groups is 2. The zero-order chi connectivity index (χ0) is 20.1. The number of amides is 2. The van der Waals surface area contributed by atoms with Crippen molar-refractivity contribution in [3.63, 3.8) is 0 Å². The first-order valence-electron chi connectivity index (χ1n) is 8.09. The number of fused-ring (bicyclic) bond motifs is 1. The number of carbonyl (C=O) groups excluding carboxylic acids is 2. The van der Waals surface area contributed by atoms with Crippen molar-refractivity contribution in [2.24, 2.45) is 0 Å². The van der Waals surface area contributed by atoms with Crippen molar-refractivity contribution >= 4 is 39.2 Å². The Hall–Kier alpha value is -3.47. The molecule has 11 heteroatoms. The third-order valence-corrected chi connectivity index (χ3v) is 4.46. The molecule has 3 aromatic rings. The van der Waals surface area contributed by atoms with E-state index in [9.17, 15) is 14.4 Å². The van der Waals surface area contributed by atoms with E-state index in [0.29, 0.717) is 22.1 Å². The van der Waals surface area contributed by atoms with Gasteiger partial charge in [-0.25, -0.2) is 9.97 Å². The molecule has 10 nitrogen and oxygen atoms in total. The van der Waals surface area contributed by atoms with Crippen molar-refractivity contribution in [2.75, 3.05) is 26.1 Å². The summed E-state index contributed by atoms with van der Waals surface area (Å²) in [4.78, 5) is 44.6. The lowest BCUT2D eigenvalue weighted by Crippen LogP contribution is -2.37. The van der Waals surface area contributed by atoms with E-state index in [1.165, 1.54) is 38.0 Å². The maximum absolute atomic E-state index is 12.6. The van der Waals surface area contributed by atoms with Crippen LogP contribution in [0.15, 0.2) is 34.8 Å². The van der Waals surface area contributed by atoms with Crippen LogP contribution in [0.4, 0.5) is 5.13 Å². The van der Waals surface area contributed by atoms with Crippen molar-refractivity contribution in [1.82, 2.24) is 19.9 Å². The summed E-state index contributed by atoms with van der Waals surface area (Å²) in [5.41, 5.74) is 0.00970. The summed E-state index contributed by atoms with van der Waals surface area (Å²) >= 11 is 1.27. The number of nitrogens with zero attached hydrogens (tertiary/aromatic N) is 3. The monoisotopic (exact) mass is 403 g/mol. The molecule has 2 amide bonds. The Morgan fingerprint density at radius 2 is 1.89 bits per heavy atom. The number of ether oxygens (including phenoxy) is 2. The van der Waals surface area contributed by atoms with Gasteiger partial charge in [0.05, 0.1) is 38.0 Å². The molecule has 1 aromatic carbocycles.